The van der Waals surface area contributed by atoms with Crippen LogP contribution in [0.25, 0.3) is 5.69 Å². The van der Waals surface area contributed by atoms with E-state index in [2.05, 4.69) is 9.82 Å². The third-order valence-electron chi connectivity index (χ3n) is 4.29. The molecule has 152 valence electrons. The Morgan fingerprint density at radius 1 is 1.10 bits per heavy atom. The Hall–Kier alpha value is -2.88. The van der Waals surface area contributed by atoms with Gasteiger partial charge < -0.3 is 10.2 Å². The summed E-state index contributed by atoms with van der Waals surface area (Å²) in [5, 5.41) is 18.7. The molecule has 0 radical (unpaired) electrons. The summed E-state index contributed by atoms with van der Waals surface area (Å²) in [7, 11) is -3.59. The summed E-state index contributed by atoms with van der Waals surface area (Å²) < 4.78 is 29.4. The molecule has 10 heteroatoms. The third kappa shape index (κ3) is 5.57. The zero-order valence-electron chi connectivity index (χ0n) is 15.0. The average Bonchev–Trinajstić information content (AvgIpc) is 3.23. The summed E-state index contributed by atoms with van der Waals surface area (Å²) >= 11 is 5.87. The highest BCUT2D eigenvalue weighted by molar-refractivity contribution is 7.89. The number of carbonyl (C=O) groups is 1. The molecule has 4 rings (SSSR count). The first-order valence-electron chi connectivity index (χ1n) is 8.56. The normalized spacial score (nSPS) is 17.8. The van der Waals surface area contributed by atoms with Gasteiger partial charge in [0.1, 0.15) is 4.90 Å². The molecule has 3 N–H and O–H groups in total. The van der Waals surface area contributed by atoms with E-state index in [9.17, 15) is 8.42 Å². The number of hydrogen-bond acceptors (Lipinski definition) is 4. The zero-order chi connectivity index (χ0) is 21.0. The largest absolute Gasteiger partial charge is 0.503 e. The maximum atomic E-state index is 12.6. The zero-order valence-corrected chi connectivity index (χ0v) is 16.6. The molecule has 0 spiro atoms. The summed E-state index contributed by atoms with van der Waals surface area (Å²) in [4.78, 5) is 8.71. The van der Waals surface area contributed by atoms with Gasteiger partial charge in [0, 0.05) is 17.0 Å². The first-order valence-corrected chi connectivity index (χ1v) is 10.4. The molecule has 0 amide bonds. The molecule has 1 saturated carbocycles. The molecule has 29 heavy (non-hydrogen) atoms. The number of aromatic nitrogens is 2. The second kappa shape index (κ2) is 8.64. The van der Waals surface area contributed by atoms with E-state index in [1.54, 1.807) is 24.3 Å². The van der Waals surface area contributed by atoms with Gasteiger partial charge in [0.2, 0.25) is 10.0 Å². The fraction of sp³-hybridized carbons (Fsp3) is 0.158. The van der Waals surface area contributed by atoms with Crippen LogP contribution in [0, 0.1) is 0 Å². The molecule has 3 aromatic rings. The first kappa shape index (κ1) is 20.8. The van der Waals surface area contributed by atoms with Crippen molar-refractivity contribution in [3.8, 4) is 5.69 Å². The quantitative estimate of drug-likeness (QED) is 0.563. The van der Waals surface area contributed by atoms with Gasteiger partial charge in [-0.2, -0.15) is 5.10 Å². The lowest BCUT2D eigenvalue weighted by Gasteiger charge is -2.04. The van der Waals surface area contributed by atoms with Gasteiger partial charge in [-0.05, 0) is 36.2 Å². The van der Waals surface area contributed by atoms with Crippen molar-refractivity contribution in [2.24, 2.45) is 0 Å². The SMILES string of the molecule is O=C(O)O.O=S(=O)(N[C@H]1C[C@@H]1c1ccccc1)c1cnn(-c2ccc(Cl)cc2)c1. The fourth-order valence-electron chi connectivity index (χ4n) is 2.84. The number of nitrogens with one attached hydrogen (secondary N) is 1. The highest BCUT2D eigenvalue weighted by Gasteiger charge is 2.41. The third-order valence-corrected chi connectivity index (χ3v) is 5.98. The molecule has 0 unspecified atom stereocenters. The van der Waals surface area contributed by atoms with Crippen molar-refractivity contribution >= 4 is 27.8 Å². The first-order chi connectivity index (χ1) is 13.8. The van der Waals surface area contributed by atoms with Gasteiger partial charge in [0.05, 0.1) is 18.1 Å². The van der Waals surface area contributed by atoms with E-state index in [1.807, 2.05) is 30.3 Å². The van der Waals surface area contributed by atoms with Crippen LogP contribution in [0.15, 0.2) is 71.9 Å². The number of nitrogens with zero attached hydrogens (tertiary/aromatic N) is 2. The van der Waals surface area contributed by atoms with Gasteiger partial charge in [-0.3, -0.25) is 0 Å². The average molecular weight is 436 g/mol. The van der Waals surface area contributed by atoms with Crippen molar-refractivity contribution < 1.29 is 23.4 Å². The van der Waals surface area contributed by atoms with E-state index in [1.165, 1.54) is 17.1 Å². The van der Waals surface area contributed by atoms with Crippen molar-refractivity contribution in [3.63, 3.8) is 0 Å². The lowest BCUT2D eigenvalue weighted by atomic mass is 10.1. The van der Waals surface area contributed by atoms with Crippen LogP contribution < -0.4 is 4.72 Å². The summed E-state index contributed by atoms with van der Waals surface area (Å²) in [6.07, 6.45) is 1.84. The van der Waals surface area contributed by atoms with Crippen LogP contribution in [0.2, 0.25) is 5.02 Å². The van der Waals surface area contributed by atoms with Gasteiger partial charge in [-0.1, -0.05) is 41.9 Å². The lowest BCUT2D eigenvalue weighted by Crippen LogP contribution is -2.26. The Kier molecular flexibility index (Phi) is 6.21. The van der Waals surface area contributed by atoms with E-state index in [0.717, 1.165) is 17.7 Å². The maximum Gasteiger partial charge on any atom is 0.503 e. The molecule has 8 nitrogen and oxygen atoms in total. The second-order valence-electron chi connectivity index (χ2n) is 6.36. The van der Waals surface area contributed by atoms with Crippen LogP contribution in [0.3, 0.4) is 0 Å². The number of hydrogen-bond donors (Lipinski definition) is 3. The van der Waals surface area contributed by atoms with Crippen molar-refractivity contribution in [2.75, 3.05) is 0 Å². The summed E-state index contributed by atoms with van der Waals surface area (Å²) in [6, 6.07) is 16.9. The van der Waals surface area contributed by atoms with Crippen LogP contribution in [0.5, 0.6) is 0 Å². The van der Waals surface area contributed by atoms with E-state index in [0.29, 0.717) is 5.02 Å². The standard InChI is InChI=1S/C18H16ClN3O2S.CH2O3/c19-14-6-8-15(9-7-14)22-12-16(11-20-22)25(23,24)21-18-10-17(18)13-4-2-1-3-5-13;2-1(3)4/h1-9,11-12,17-18,21H,10H2;(H2,2,3,4)/t17-,18+;/m1./s1. The fourth-order valence-corrected chi connectivity index (χ4v) is 4.19. The molecule has 0 saturated heterocycles. The van der Waals surface area contributed by atoms with Gasteiger partial charge in [0.25, 0.3) is 0 Å². The summed E-state index contributed by atoms with van der Waals surface area (Å²) in [5.41, 5.74) is 1.91. The van der Waals surface area contributed by atoms with E-state index in [4.69, 9.17) is 26.6 Å². The molecule has 0 bridgehead atoms. The van der Waals surface area contributed by atoms with Crippen LogP contribution in [-0.4, -0.2) is 40.6 Å². The highest BCUT2D eigenvalue weighted by atomic mass is 35.5. The molecule has 1 aliphatic rings. The van der Waals surface area contributed by atoms with Crippen molar-refractivity contribution in [1.29, 1.82) is 0 Å². The molecule has 1 aromatic heterocycles. The van der Waals surface area contributed by atoms with Crippen molar-refractivity contribution in [3.05, 3.63) is 77.6 Å². The van der Waals surface area contributed by atoms with Crippen molar-refractivity contribution in [1.82, 2.24) is 14.5 Å². The number of rotatable bonds is 5. The minimum Gasteiger partial charge on any atom is -0.450 e. The Morgan fingerprint density at radius 3 is 2.34 bits per heavy atom. The monoisotopic (exact) mass is 435 g/mol. The molecule has 1 fully saturated rings. The molecule has 2 atom stereocenters. The minimum absolute atomic E-state index is 0.0636. The molecule has 1 heterocycles. The highest BCUT2D eigenvalue weighted by Crippen LogP contribution is 2.41. The lowest BCUT2D eigenvalue weighted by molar-refractivity contribution is 0.137. The van der Waals surface area contributed by atoms with Gasteiger partial charge in [-0.25, -0.2) is 22.6 Å². The summed E-state index contributed by atoms with van der Waals surface area (Å²) in [5.74, 6) is 0.238. The smallest absolute Gasteiger partial charge is 0.450 e. The summed E-state index contributed by atoms with van der Waals surface area (Å²) in [6.45, 7) is 0. The second-order valence-corrected chi connectivity index (χ2v) is 8.51. The van der Waals surface area contributed by atoms with Crippen LogP contribution >= 0.6 is 11.6 Å². The van der Waals surface area contributed by atoms with Crippen LogP contribution in [-0.2, 0) is 10.0 Å². The van der Waals surface area contributed by atoms with Gasteiger partial charge in [0.15, 0.2) is 0 Å². The topological polar surface area (TPSA) is 122 Å². The Labute approximate surface area is 172 Å². The van der Waals surface area contributed by atoms with Gasteiger partial charge in [-0.15, -0.1) is 0 Å². The predicted molar refractivity (Wildman–Crippen MR) is 107 cm³/mol. The molecule has 2 aromatic carbocycles. The molecule has 0 aliphatic heterocycles. The number of carboxylic acid groups (broad SMARTS) is 2. The van der Waals surface area contributed by atoms with Crippen LogP contribution in [0.1, 0.15) is 17.9 Å². The number of benzene rings is 2. The molecular formula is C19H18ClN3O5S. The Morgan fingerprint density at radius 2 is 1.72 bits per heavy atom. The van der Waals surface area contributed by atoms with E-state index >= 15 is 0 Å². The minimum atomic E-state index is -3.59. The van der Waals surface area contributed by atoms with Crippen molar-refractivity contribution in [2.45, 2.75) is 23.3 Å². The van der Waals surface area contributed by atoms with Gasteiger partial charge >= 0.3 is 6.16 Å². The van der Waals surface area contributed by atoms with Crippen LogP contribution in [0.4, 0.5) is 4.79 Å². The Balaban J connectivity index is 0.000000552. The number of halogens is 1. The van der Waals surface area contributed by atoms with E-state index < -0.39 is 16.2 Å². The Bertz CT molecular complexity index is 1080. The number of sulfonamides is 1. The maximum absolute atomic E-state index is 12.6. The molecule has 1 aliphatic carbocycles. The molecular weight excluding hydrogens is 418 g/mol. The van der Waals surface area contributed by atoms with E-state index in [-0.39, 0.29) is 16.9 Å². The predicted octanol–water partition coefficient (Wildman–Crippen LogP) is 3.58.